The largest absolute Gasteiger partial charge is 0.308 e. The van der Waals surface area contributed by atoms with E-state index in [1.807, 2.05) is 6.07 Å². The van der Waals surface area contributed by atoms with Crippen LogP contribution in [0.5, 0.6) is 0 Å². The maximum absolute atomic E-state index is 12.8. The lowest BCUT2D eigenvalue weighted by Gasteiger charge is -2.53. The van der Waals surface area contributed by atoms with Crippen molar-refractivity contribution in [1.29, 1.82) is 0 Å². The SMILES string of the molecule is O=C1C[N@@]2CC[C@H]1[C@H](NCc1ccccc1)[C@@H]2C(c1ccccc1)c1ccccc1. The van der Waals surface area contributed by atoms with Crippen molar-refractivity contribution >= 4 is 5.78 Å². The molecule has 0 radical (unpaired) electrons. The Balaban J connectivity index is 1.53. The Labute approximate surface area is 178 Å². The molecule has 3 aliphatic heterocycles. The summed E-state index contributed by atoms with van der Waals surface area (Å²) in [6, 6.07) is 32.5. The first kappa shape index (κ1) is 19.2. The summed E-state index contributed by atoms with van der Waals surface area (Å²) >= 11 is 0. The monoisotopic (exact) mass is 396 g/mol. The average Bonchev–Trinajstić information content (AvgIpc) is 2.81. The minimum atomic E-state index is 0.0960. The molecule has 152 valence electrons. The summed E-state index contributed by atoms with van der Waals surface area (Å²) in [5.41, 5.74) is 3.90. The molecule has 0 aromatic heterocycles. The highest BCUT2D eigenvalue weighted by Crippen LogP contribution is 2.41. The third-order valence-corrected chi connectivity index (χ3v) is 6.77. The van der Waals surface area contributed by atoms with E-state index in [4.69, 9.17) is 0 Å². The summed E-state index contributed by atoms with van der Waals surface area (Å²) in [5.74, 6) is 0.721. The highest BCUT2D eigenvalue weighted by molar-refractivity contribution is 5.85. The minimum absolute atomic E-state index is 0.0960. The summed E-state index contributed by atoms with van der Waals surface area (Å²) in [7, 11) is 0. The molecule has 4 atom stereocenters. The number of ketones is 1. The van der Waals surface area contributed by atoms with Gasteiger partial charge in [0.05, 0.1) is 6.54 Å². The number of piperidine rings is 3. The van der Waals surface area contributed by atoms with Crippen LogP contribution < -0.4 is 5.32 Å². The van der Waals surface area contributed by atoms with E-state index >= 15 is 0 Å². The highest BCUT2D eigenvalue weighted by atomic mass is 16.1. The topological polar surface area (TPSA) is 32.3 Å². The molecule has 3 aromatic rings. The van der Waals surface area contributed by atoms with E-state index in [2.05, 4.69) is 95.1 Å². The van der Waals surface area contributed by atoms with Crippen LogP contribution in [0.25, 0.3) is 0 Å². The van der Waals surface area contributed by atoms with E-state index in [9.17, 15) is 4.79 Å². The van der Waals surface area contributed by atoms with Crippen LogP contribution in [0.3, 0.4) is 0 Å². The van der Waals surface area contributed by atoms with Crippen LogP contribution in [0.15, 0.2) is 91.0 Å². The van der Waals surface area contributed by atoms with Crippen LogP contribution in [0, 0.1) is 5.92 Å². The molecule has 0 amide bonds. The summed E-state index contributed by atoms with van der Waals surface area (Å²) in [5, 5.41) is 3.81. The lowest BCUT2D eigenvalue weighted by atomic mass is 9.70. The van der Waals surface area contributed by atoms with Crippen LogP contribution in [-0.4, -0.2) is 35.9 Å². The van der Waals surface area contributed by atoms with Gasteiger partial charge >= 0.3 is 0 Å². The molecule has 3 aliphatic rings. The van der Waals surface area contributed by atoms with Crippen LogP contribution >= 0.6 is 0 Å². The zero-order valence-corrected chi connectivity index (χ0v) is 17.2. The Bertz CT molecular complexity index is 934. The van der Waals surface area contributed by atoms with Gasteiger partial charge in [0.15, 0.2) is 5.78 Å². The van der Waals surface area contributed by atoms with Crippen LogP contribution in [0.1, 0.15) is 29.0 Å². The quantitative estimate of drug-likeness (QED) is 0.676. The number of hydrogen-bond donors (Lipinski definition) is 1. The summed E-state index contributed by atoms with van der Waals surface area (Å²) in [4.78, 5) is 15.3. The smallest absolute Gasteiger partial charge is 0.151 e. The Kier molecular flexibility index (Phi) is 5.48. The Morgan fingerprint density at radius 1 is 0.833 bits per heavy atom. The predicted molar refractivity (Wildman–Crippen MR) is 120 cm³/mol. The van der Waals surface area contributed by atoms with Crippen molar-refractivity contribution in [3.63, 3.8) is 0 Å². The first-order chi connectivity index (χ1) is 14.8. The number of fused-ring (bicyclic) bond motifs is 3. The molecule has 3 heteroatoms. The predicted octanol–water partition coefficient (Wildman–Crippen LogP) is 4.25. The Hall–Kier alpha value is -2.75. The number of hydrogen-bond acceptors (Lipinski definition) is 3. The van der Waals surface area contributed by atoms with Crippen molar-refractivity contribution in [2.75, 3.05) is 13.1 Å². The van der Waals surface area contributed by atoms with E-state index in [1.54, 1.807) is 0 Å². The van der Waals surface area contributed by atoms with Gasteiger partial charge in [0, 0.05) is 30.5 Å². The highest BCUT2D eigenvalue weighted by Gasteiger charge is 2.49. The molecule has 3 nitrogen and oxygen atoms in total. The van der Waals surface area contributed by atoms with E-state index in [-0.39, 0.29) is 23.9 Å². The molecular weight excluding hydrogens is 368 g/mol. The van der Waals surface area contributed by atoms with E-state index in [0.717, 1.165) is 19.5 Å². The zero-order chi connectivity index (χ0) is 20.3. The molecule has 2 bridgehead atoms. The first-order valence-electron chi connectivity index (χ1n) is 11.0. The maximum atomic E-state index is 12.8. The fraction of sp³-hybridized carbons (Fsp3) is 0.296. The van der Waals surface area contributed by atoms with Crippen molar-refractivity contribution in [3.8, 4) is 0 Å². The molecule has 1 N–H and O–H groups in total. The second kappa shape index (κ2) is 8.55. The molecule has 3 aromatic carbocycles. The van der Waals surface area contributed by atoms with Gasteiger partial charge in [0.25, 0.3) is 0 Å². The van der Waals surface area contributed by atoms with E-state index in [0.29, 0.717) is 12.3 Å². The van der Waals surface area contributed by atoms with Gasteiger partial charge in [0.1, 0.15) is 0 Å². The molecule has 0 saturated carbocycles. The van der Waals surface area contributed by atoms with Crippen molar-refractivity contribution in [2.45, 2.75) is 31.0 Å². The second-order valence-corrected chi connectivity index (χ2v) is 8.51. The van der Waals surface area contributed by atoms with Crippen LogP contribution in [0.4, 0.5) is 0 Å². The van der Waals surface area contributed by atoms with E-state index < -0.39 is 0 Å². The van der Waals surface area contributed by atoms with E-state index in [1.165, 1.54) is 16.7 Å². The third kappa shape index (κ3) is 3.71. The van der Waals surface area contributed by atoms with Gasteiger partial charge in [-0.25, -0.2) is 0 Å². The van der Waals surface area contributed by atoms with Crippen molar-refractivity contribution in [2.24, 2.45) is 5.92 Å². The molecule has 30 heavy (non-hydrogen) atoms. The fourth-order valence-electron chi connectivity index (χ4n) is 5.38. The average molecular weight is 397 g/mol. The maximum Gasteiger partial charge on any atom is 0.151 e. The molecule has 0 unspecified atom stereocenters. The van der Waals surface area contributed by atoms with Crippen LogP contribution in [-0.2, 0) is 11.3 Å². The molecule has 0 spiro atoms. The molecule has 0 aliphatic carbocycles. The number of rotatable bonds is 6. The van der Waals surface area contributed by atoms with Crippen molar-refractivity contribution < 1.29 is 4.79 Å². The van der Waals surface area contributed by atoms with Crippen molar-refractivity contribution in [3.05, 3.63) is 108 Å². The summed E-state index contributed by atoms with van der Waals surface area (Å²) in [6.45, 7) is 2.37. The van der Waals surface area contributed by atoms with Gasteiger partial charge in [-0.1, -0.05) is 91.0 Å². The molecular formula is C27H28N2O. The number of benzene rings is 3. The normalized spacial score (nSPS) is 25.6. The molecule has 3 saturated heterocycles. The lowest BCUT2D eigenvalue weighted by Crippen LogP contribution is -2.67. The van der Waals surface area contributed by atoms with Gasteiger partial charge in [-0.05, 0) is 29.7 Å². The van der Waals surface area contributed by atoms with Gasteiger partial charge in [-0.2, -0.15) is 0 Å². The van der Waals surface area contributed by atoms with Gasteiger partial charge in [0.2, 0.25) is 0 Å². The van der Waals surface area contributed by atoms with Crippen LogP contribution in [0.2, 0.25) is 0 Å². The number of nitrogens with one attached hydrogen (secondary N) is 1. The zero-order valence-electron chi connectivity index (χ0n) is 17.2. The minimum Gasteiger partial charge on any atom is -0.308 e. The molecule has 3 heterocycles. The number of carbonyl (C=O) groups is 1. The molecule has 3 fully saturated rings. The first-order valence-corrected chi connectivity index (χ1v) is 11.0. The van der Waals surface area contributed by atoms with Crippen molar-refractivity contribution in [1.82, 2.24) is 10.2 Å². The fourth-order valence-corrected chi connectivity index (χ4v) is 5.38. The summed E-state index contributed by atoms with van der Waals surface area (Å²) < 4.78 is 0. The lowest BCUT2D eigenvalue weighted by molar-refractivity contribution is -0.136. The Morgan fingerprint density at radius 2 is 1.40 bits per heavy atom. The second-order valence-electron chi connectivity index (χ2n) is 8.51. The standard InChI is InChI=1S/C27H28N2O/c30-24-19-29-17-16-23(24)26(28-18-20-10-4-1-5-11-20)27(29)25(21-12-6-2-7-13-21)22-14-8-3-9-15-22/h1-15,23,25-28H,16-19H2/t23-,26+,27+/m1/s1. The number of Topliss-reactive ketones (excluding diaryl/α,β-unsaturated/α-hetero) is 1. The van der Waals surface area contributed by atoms with Gasteiger partial charge in [-0.15, -0.1) is 0 Å². The molecule has 6 rings (SSSR count). The Morgan fingerprint density at radius 3 is 1.97 bits per heavy atom. The number of carbonyl (C=O) groups excluding carboxylic acids is 1. The van der Waals surface area contributed by atoms with Gasteiger partial charge < -0.3 is 5.32 Å². The van der Waals surface area contributed by atoms with Gasteiger partial charge in [-0.3, -0.25) is 9.69 Å². The third-order valence-electron chi connectivity index (χ3n) is 6.77. The summed E-state index contributed by atoms with van der Waals surface area (Å²) in [6.07, 6.45) is 0.956. The number of nitrogens with zero attached hydrogens (tertiary/aromatic N) is 1.